The predicted octanol–water partition coefficient (Wildman–Crippen LogP) is 10.6. The van der Waals surface area contributed by atoms with Crippen molar-refractivity contribution in [1.29, 1.82) is 0 Å². The molecule has 112 heavy (non-hydrogen) atoms. The normalized spacial score (nSPS) is 12.6. The third kappa shape index (κ3) is 44.3. The predicted molar refractivity (Wildman–Crippen MR) is 434 cm³/mol. The molecule has 5 N–H and O–H groups in total. The molecule has 0 rings (SSSR count). The highest BCUT2D eigenvalue weighted by Crippen LogP contribution is 2.24. The highest BCUT2D eigenvalue weighted by atomic mass is 16.5. The second-order valence-corrected chi connectivity index (χ2v) is 30.9. The summed E-state index contributed by atoms with van der Waals surface area (Å²) in [5, 5.41) is 15.0. The van der Waals surface area contributed by atoms with Crippen LogP contribution in [0.25, 0.3) is 0 Å². The standard InChI is InChI=1S/C84H152N10O18/c1-17-21-25-33-52-85-81(105)77(63(7)8)92(58-24-20-4)70(98)46-39-45-67(95)90(59-37-29-30-43-68(96)93(60-40-49-74(102)111-15)78(64(9)10)83(107)86-53-34-26-22-18-2)66(42-38-44-69(97)91(57-23-19-3)76(62(5)6)82(106)87-54-35-27-31-47-72(100)109-13)80(104)89-56-51-71(99)94(61-41-50-75(103)112-16)79(65(11)12)84(108)88-55-36-28-32-48-73(101)110-14/h62-66,76-79H,17-61H2,1-16H3,(H,85,105)(H,86,107)(H,87,106)(H,88,108)(H,89,104). The molecule has 646 valence electrons. The molecule has 5 atom stereocenters. The minimum absolute atomic E-state index is 0.00259. The fourth-order valence-corrected chi connectivity index (χ4v) is 13.8. The van der Waals surface area contributed by atoms with Crippen LogP contribution in [0.3, 0.4) is 0 Å². The molecule has 0 aliphatic heterocycles. The van der Waals surface area contributed by atoms with Crippen LogP contribution in [0.15, 0.2) is 0 Å². The maximum atomic E-state index is 15.4. The number of carbonyl (C=O) groups excluding carboxylic acids is 14. The summed E-state index contributed by atoms with van der Waals surface area (Å²) < 4.78 is 19.3. The van der Waals surface area contributed by atoms with Gasteiger partial charge in [0, 0.05) is 123 Å². The summed E-state index contributed by atoms with van der Waals surface area (Å²) >= 11 is 0. The number of ether oxygens (including phenoxy) is 4. The van der Waals surface area contributed by atoms with E-state index in [1.54, 1.807) is 28.5 Å². The maximum absolute atomic E-state index is 15.4. The number of nitrogens with one attached hydrogen (secondary N) is 5. The average molecular weight is 1590 g/mol. The number of methoxy groups -OCH3 is 4. The Labute approximate surface area is 672 Å². The Morgan fingerprint density at radius 2 is 0.491 bits per heavy atom. The molecule has 0 aliphatic rings. The van der Waals surface area contributed by atoms with E-state index in [1.807, 2.05) is 55.4 Å². The van der Waals surface area contributed by atoms with E-state index in [4.69, 9.17) is 18.9 Å². The number of hydrogen-bond acceptors (Lipinski definition) is 18. The maximum Gasteiger partial charge on any atom is 0.305 e. The van der Waals surface area contributed by atoms with Crippen LogP contribution in [-0.4, -0.2) is 232 Å². The zero-order valence-electron chi connectivity index (χ0n) is 72.1. The second-order valence-electron chi connectivity index (χ2n) is 30.9. The van der Waals surface area contributed by atoms with E-state index in [0.29, 0.717) is 96.8 Å². The Morgan fingerprint density at radius 3 is 0.812 bits per heavy atom. The van der Waals surface area contributed by atoms with Crippen molar-refractivity contribution in [3.8, 4) is 0 Å². The molecule has 28 nitrogen and oxygen atoms in total. The van der Waals surface area contributed by atoms with Crippen LogP contribution in [0, 0.1) is 23.7 Å². The zero-order chi connectivity index (χ0) is 84.3. The van der Waals surface area contributed by atoms with Crippen molar-refractivity contribution < 1.29 is 86.1 Å². The van der Waals surface area contributed by atoms with Gasteiger partial charge in [-0.2, -0.15) is 0 Å². The number of esters is 4. The van der Waals surface area contributed by atoms with Crippen molar-refractivity contribution >= 4 is 82.9 Å². The van der Waals surface area contributed by atoms with Crippen LogP contribution >= 0.6 is 0 Å². The molecule has 10 amide bonds. The summed E-state index contributed by atoms with van der Waals surface area (Å²) in [4.78, 5) is 202. The molecule has 0 radical (unpaired) electrons. The lowest BCUT2D eigenvalue weighted by molar-refractivity contribution is -0.144. The van der Waals surface area contributed by atoms with E-state index >= 15 is 9.59 Å². The van der Waals surface area contributed by atoms with Crippen molar-refractivity contribution in [3.63, 3.8) is 0 Å². The molecule has 0 spiro atoms. The van der Waals surface area contributed by atoms with Gasteiger partial charge in [-0.15, -0.1) is 0 Å². The molecular weight excluding hydrogens is 1440 g/mol. The Bertz CT molecular complexity index is 2750. The van der Waals surface area contributed by atoms with E-state index in [9.17, 15) is 57.5 Å². The first-order valence-corrected chi connectivity index (χ1v) is 42.6. The Morgan fingerprint density at radius 1 is 0.241 bits per heavy atom. The quantitative estimate of drug-likeness (QED) is 0.0215. The highest BCUT2D eigenvalue weighted by Gasteiger charge is 2.38. The Balaban J connectivity index is 8.09. The van der Waals surface area contributed by atoms with Crippen molar-refractivity contribution in [1.82, 2.24) is 51.1 Å². The van der Waals surface area contributed by atoms with Gasteiger partial charge in [-0.05, 0) is 120 Å². The van der Waals surface area contributed by atoms with Gasteiger partial charge in [0.25, 0.3) is 0 Å². The van der Waals surface area contributed by atoms with Crippen LogP contribution < -0.4 is 26.6 Å². The summed E-state index contributed by atoms with van der Waals surface area (Å²) in [7, 11) is 5.19. The molecule has 5 unspecified atom stereocenters. The van der Waals surface area contributed by atoms with Gasteiger partial charge in [0.2, 0.25) is 59.1 Å². The average Bonchev–Trinajstić information content (AvgIpc) is 0.861. The van der Waals surface area contributed by atoms with Crippen molar-refractivity contribution in [2.75, 3.05) is 93.9 Å². The van der Waals surface area contributed by atoms with Gasteiger partial charge in [0.05, 0.1) is 28.4 Å². The van der Waals surface area contributed by atoms with Gasteiger partial charge in [0.15, 0.2) is 0 Å². The van der Waals surface area contributed by atoms with Crippen molar-refractivity contribution in [2.45, 2.75) is 338 Å². The van der Waals surface area contributed by atoms with Crippen LogP contribution in [0.4, 0.5) is 0 Å². The SMILES string of the molecule is CCCCCCNC(=O)C(C(C)C)N(CCCC)C(=O)CCCC(=O)N(CCCCCC(=O)N(CCCC(=O)OC)C(C(=O)NCCCCCC)C(C)C)C(CCCC(=O)N(CCCC)C(C(=O)NCCCCCC(=O)OC)C(C)C)C(=O)NCCC(=O)N(CCCC(=O)OC)C(C(=O)NCCCCCC(=O)OC)C(C)C. The van der Waals surface area contributed by atoms with Crippen molar-refractivity contribution in [3.05, 3.63) is 0 Å². The largest absolute Gasteiger partial charge is 0.469 e. The number of unbranched alkanes of at least 4 members (excludes halogenated alkanes) is 14. The third-order valence-electron chi connectivity index (χ3n) is 20.1. The molecule has 0 aliphatic carbocycles. The van der Waals surface area contributed by atoms with E-state index in [0.717, 1.165) is 57.8 Å². The van der Waals surface area contributed by atoms with Crippen LogP contribution in [0.5, 0.6) is 0 Å². The fourth-order valence-electron chi connectivity index (χ4n) is 13.8. The first kappa shape index (κ1) is 105. The lowest BCUT2D eigenvalue weighted by Crippen LogP contribution is -2.54. The minimum Gasteiger partial charge on any atom is -0.469 e. The van der Waals surface area contributed by atoms with E-state index in [1.165, 1.54) is 38.2 Å². The van der Waals surface area contributed by atoms with Crippen LogP contribution in [0.1, 0.15) is 308 Å². The molecule has 0 saturated carbocycles. The first-order chi connectivity index (χ1) is 53.5. The lowest BCUT2D eigenvalue weighted by atomic mass is 9.99. The fraction of sp³-hybridized carbons (Fsp3) is 0.833. The van der Waals surface area contributed by atoms with Gasteiger partial charge in [-0.1, -0.05) is 154 Å². The van der Waals surface area contributed by atoms with E-state index in [2.05, 4.69) is 40.4 Å². The molecule has 0 bridgehead atoms. The van der Waals surface area contributed by atoms with Gasteiger partial charge in [-0.3, -0.25) is 67.1 Å². The number of carbonyl (C=O) groups is 14. The summed E-state index contributed by atoms with van der Waals surface area (Å²) in [6, 6.07) is -4.75. The van der Waals surface area contributed by atoms with Crippen LogP contribution in [0.2, 0.25) is 0 Å². The molecule has 0 aromatic carbocycles. The molecule has 28 heteroatoms. The molecule has 0 saturated heterocycles. The van der Waals surface area contributed by atoms with Crippen molar-refractivity contribution in [2.24, 2.45) is 23.7 Å². The molecular formula is C84H152N10O18. The summed E-state index contributed by atoms with van der Waals surface area (Å²) in [5.41, 5.74) is 0. The Hall–Kier alpha value is -7.42. The monoisotopic (exact) mass is 1590 g/mol. The van der Waals surface area contributed by atoms with Gasteiger partial charge >= 0.3 is 23.9 Å². The minimum atomic E-state index is -1.29. The Kier molecular flexibility index (Phi) is 59.7. The third-order valence-corrected chi connectivity index (χ3v) is 20.1. The molecule has 0 heterocycles. The zero-order valence-corrected chi connectivity index (χ0v) is 72.1. The molecule has 0 aromatic heterocycles. The first-order valence-electron chi connectivity index (χ1n) is 42.6. The molecule has 0 fully saturated rings. The summed E-state index contributed by atoms with van der Waals surface area (Å²) in [5.74, 6) is -6.81. The van der Waals surface area contributed by atoms with E-state index < -0.39 is 71.7 Å². The van der Waals surface area contributed by atoms with Gasteiger partial charge in [-0.25, -0.2) is 0 Å². The number of hydrogen-bond donors (Lipinski definition) is 5. The lowest BCUT2D eigenvalue weighted by Gasteiger charge is -2.35. The van der Waals surface area contributed by atoms with Gasteiger partial charge < -0.3 is 70.0 Å². The smallest absolute Gasteiger partial charge is 0.305 e. The van der Waals surface area contributed by atoms with E-state index in [-0.39, 0.29) is 201 Å². The topological polar surface area (TPSA) is 352 Å². The van der Waals surface area contributed by atoms with Gasteiger partial charge in [0.1, 0.15) is 30.2 Å². The number of nitrogens with zero attached hydrogens (tertiary/aromatic N) is 5. The highest BCUT2D eigenvalue weighted by molar-refractivity contribution is 5.92. The number of amides is 10. The second kappa shape index (κ2) is 63.9. The number of rotatable bonds is 67. The summed E-state index contributed by atoms with van der Waals surface area (Å²) in [6.45, 7) is 24.9. The van der Waals surface area contributed by atoms with Crippen LogP contribution in [-0.2, 0) is 86.1 Å². The summed E-state index contributed by atoms with van der Waals surface area (Å²) in [6.07, 6.45) is 14.8. The molecule has 0 aromatic rings.